The van der Waals surface area contributed by atoms with Crippen molar-refractivity contribution in [3.8, 4) is 0 Å². The van der Waals surface area contributed by atoms with Gasteiger partial charge in [-0.2, -0.15) is 0 Å². The fourth-order valence-electron chi connectivity index (χ4n) is 2.02. The predicted molar refractivity (Wildman–Crippen MR) is 76.4 cm³/mol. The summed E-state index contributed by atoms with van der Waals surface area (Å²) in [5.74, 6) is 0.865. The first-order chi connectivity index (χ1) is 9.61. The monoisotopic (exact) mass is 273 g/mol. The number of nitrogens with zero attached hydrogens (tertiary/aromatic N) is 1. The summed E-state index contributed by atoms with van der Waals surface area (Å²) in [5, 5.41) is 0. The molecule has 1 amide bonds. The Morgan fingerprint density at radius 1 is 1.25 bits per heavy atom. The molecular formula is C16H19NO3. The molecular weight excluding hydrogens is 254 g/mol. The Hall–Kier alpha value is -2.07. The molecule has 1 aromatic carbocycles. The predicted octanol–water partition coefficient (Wildman–Crippen LogP) is 3.01. The van der Waals surface area contributed by atoms with Crippen LogP contribution >= 0.6 is 0 Å². The van der Waals surface area contributed by atoms with E-state index in [-0.39, 0.29) is 5.91 Å². The quantitative estimate of drug-likeness (QED) is 0.841. The van der Waals surface area contributed by atoms with E-state index in [1.165, 1.54) is 5.56 Å². The van der Waals surface area contributed by atoms with Crippen molar-refractivity contribution in [2.24, 2.45) is 0 Å². The van der Waals surface area contributed by atoms with E-state index in [9.17, 15) is 4.79 Å². The van der Waals surface area contributed by atoms with E-state index in [0.29, 0.717) is 24.7 Å². The summed E-state index contributed by atoms with van der Waals surface area (Å²) in [5.41, 5.74) is 2.30. The van der Waals surface area contributed by atoms with Crippen molar-refractivity contribution in [3.63, 3.8) is 0 Å². The highest BCUT2D eigenvalue weighted by Gasteiger charge is 2.16. The van der Waals surface area contributed by atoms with Gasteiger partial charge in [-0.1, -0.05) is 24.3 Å². The van der Waals surface area contributed by atoms with Gasteiger partial charge in [0, 0.05) is 20.7 Å². The Bertz CT molecular complexity index is 589. The molecule has 0 saturated carbocycles. The third-order valence-electron chi connectivity index (χ3n) is 3.17. The van der Waals surface area contributed by atoms with Crippen LogP contribution in [0.3, 0.4) is 0 Å². The molecule has 4 heteroatoms. The second kappa shape index (κ2) is 6.39. The number of hydrogen-bond acceptors (Lipinski definition) is 3. The number of benzene rings is 1. The maximum Gasteiger partial charge on any atom is 0.289 e. The lowest BCUT2D eigenvalue weighted by Crippen LogP contribution is -2.26. The smallest absolute Gasteiger partial charge is 0.289 e. The van der Waals surface area contributed by atoms with Crippen LogP contribution < -0.4 is 0 Å². The van der Waals surface area contributed by atoms with Gasteiger partial charge in [0.2, 0.25) is 0 Å². The normalized spacial score (nSPS) is 10.6. The fraction of sp³-hybridized carbons (Fsp3) is 0.312. The summed E-state index contributed by atoms with van der Waals surface area (Å²) in [6.45, 7) is 2.97. The average molecular weight is 273 g/mol. The van der Waals surface area contributed by atoms with E-state index in [1.807, 2.05) is 31.2 Å². The highest BCUT2D eigenvalue weighted by atomic mass is 16.5. The summed E-state index contributed by atoms with van der Waals surface area (Å²) in [7, 11) is 3.36. The van der Waals surface area contributed by atoms with Gasteiger partial charge in [-0.15, -0.1) is 0 Å². The Morgan fingerprint density at radius 3 is 2.70 bits per heavy atom. The molecule has 106 valence electrons. The van der Waals surface area contributed by atoms with Crippen LogP contribution in [0.5, 0.6) is 0 Å². The number of aryl methyl sites for hydroxylation is 1. The SMILES string of the molecule is COCc1ccc(C(=O)N(C)Cc2ccccc2C)o1. The van der Waals surface area contributed by atoms with Gasteiger partial charge in [-0.05, 0) is 30.2 Å². The zero-order valence-corrected chi connectivity index (χ0v) is 12.1. The zero-order chi connectivity index (χ0) is 14.5. The van der Waals surface area contributed by atoms with Crippen LogP contribution in [0.25, 0.3) is 0 Å². The molecule has 0 radical (unpaired) electrons. The maximum absolute atomic E-state index is 12.3. The van der Waals surface area contributed by atoms with Gasteiger partial charge in [0.1, 0.15) is 12.4 Å². The summed E-state index contributed by atoms with van der Waals surface area (Å²) >= 11 is 0. The maximum atomic E-state index is 12.3. The van der Waals surface area contributed by atoms with Gasteiger partial charge in [-0.3, -0.25) is 4.79 Å². The average Bonchev–Trinajstić information content (AvgIpc) is 2.89. The van der Waals surface area contributed by atoms with Crippen LogP contribution in [0.15, 0.2) is 40.8 Å². The van der Waals surface area contributed by atoms with Crippen molar-refractivity contribution in [1.82, 2.24) is 4.90 Å². The molecule has 0 N–H and O–H groups in total. The van der Waals surface area contributed by atoms with E-state index in [4.69, 9.17) is 9.15 Å². The molecule has 2 aromatic rings. The highest BCUT2D eigenvalue weighted by Crippen LogP contribution is 2.14. The van der Waals surface area contributed by atoms with Crippen molar-refractivity contribution in [3.05, 3.63) is 59.0 Å². The lowest BCUT2D eigenvalue weighted by atomic mass is 10.1. The minimum Gasteiger partial charge on any atom is -0.453 e. The number of carbonyl (C=O) groups excluding carboxylic acids is 1. The van der Waals surface area contributed by atoms with Crippen molar-refractivity contribution in [1.29, 1.82) is 0 Å². The third kappa shape index (κ3) is 3.27. The van der Waals surface area contributed by atoms with Crippen molar-refractivity contribution < 1.29 is 13.9 Å². The van der Waals surface area contributed by atoms with E-state index in [0.717, 1.165) is 5.56 Å². The van der Waals surface area contributed by atoms with Gasteiger partial charge in [0.25, 0.3) is 5.91 Å². The van der Waals surface area contributed by atoms with Gasteiger partial charge < -0.3 is 14.1 Å². The minimum atomic E-state index is -0.129. The van der Waals surface area contributed by atoms with Gasteiger partial charge in [0.05, 0.1) is 0 Å². The van der Waals surface area contributed by atoms with E-state index < -0.39 is 0 Å². The molecule has 4 nitrogen and oxygen atoms in total. The molecule has 0 unspecified atom stereocenters. The first-order valence-electron chi connectivity index (χ1n) is 6.49. The Morgan fingerprint density at radius 2 is 2.00 bits per heavy atom. The summed E-state index contributed by atoms with van der Waals surface area (Å²) in [6, 6.07) is 11.5. The van der Waals surface area contributed by atoms with Crippen LogP contribution in [-0.2, 0) is 17.9 Å². The molecule has 2 rings (SSSR count). The molecule has 20 heavy (non-hydrogen) atoms. The van der Waals surface area contributed by atoms with Gasteiger partial charge in [-0.25, -0.2) is 0 Å². The summed E-state index contributed by atoms with van der Waals surface area (Å²) in [4.78, 5) is 13.9. The molecule has 0 atom stereocenters. The molecule has 0 fully saturated rings. The van der Waals surface area contributed by atoms with Crippen molar-refractivity contribution >= 4 is 5.91 Å². The van der Waals surface area contributed by atoms with Crippen LogP contribution in [0.4, 0.5) is 0 Å². The standard InChI is InChI=1S/C16H19NO3/c1-12-6-4-5-7-13(12)10-17(2)16(18)15-9-8-14(20-15)11-19-3/h4-9H,10-11H2,1-3H3. The van der Waals surface area contributed by atoms with Crippen molar-refractivity contribution in [2.75, 3.05) is 14.2 Å². The first kappa shape index (κ1) is 14.3. The largest absolute Gasteiger partial charge is 0.453 e. The van der Waals surface area contributed by atoms with Crippen LogP contribution in [0.1, 0.15) is 27.4 Å². The molecule has 0 aliphatic carbocycles. The number of rotatable bonds is 5. The number of hydrogen-bond donors (Lipinski definition) is 0. The lowest BCUT2D eigenvalue weighted by Gasteiger charge is -2.17. The first-order valence-corrected chi connectivity index (χ1v) is 6.49. The second-order valence-corrected chi connectivity index (χ2v) is 4.79. The minimum absolute atomic E-state index is 0.129. The third-order valence-corrected chi connectivity index (χ3v) is 3.17. The van der Waals surface area contributed by atoms with E-state index in [2.05, 4.69) is 0 Å². The molecule has 1 aromatic heterocycles. The number of furan rings is 1. The topological polar surface area (TPSA) is 42.7 Å². The lowest BCUT2D eigenvalue weighted by molar-refractivity contribution is 0.0745. The Labute approximate surface area is 119 Å². The molecule has 0 bridgehead atoms. The van der Waals surface area contributed by atoms with Gasteiger partial charge in [0.15, 0.2) is 5.76 Å². The number of carbonyl (C=O) groups is 1. The van der Waals surface area contributed by atoms with Crippen molar-refractivity contribution in [2.45, 2.75) is 20.1 Å². The molecule has 0 spiro atoms. The Kier molecular flexibility index (Phi) is 4.58. The molecule has 0 saturated heterocycles. The van der Waals surface area contributed by atoms with E-state index >= 15 is 0 Å². The van der Waals surface area contributed by atoms with E-state index in [1.54, 1.807) is 31.2 Å². The number of ether oxygens (including phenoxy) is 1. The zero-order valence-electron chi connectivity index (χ0n) is 12.1. The molecule has 0 aliphatic rings. The fourth-order valence-corrected chi connectivity index (χ4v) is 2.02. The summed E-state index contributed by atoms with van der Waals surface area (Å²) in [6.07, 6.45) is 0. The van der Waals surface area contributed by atoms with Gasteiger partial charge >= 0.3 is 0 Å². The van der Waals surface area contributed by atoms with Crippen LogP contribution in [-0.4, -0.2) is 25.0 Å². The highest BCUT2D eigenvalue weighted by molar-refractivity contribution is 5.91. The van der Waals surface area contributed by atoms with Crippen LogP contribution in [0.2, 0.25) is 0 Å². The number of amides is 1. The Balaban J connectivity index is 2.06. The number of methoxy groups -OCH3 is 1. The second-order valence-electron chi connectivity index (χ2n) is 4.79. The van der Waals surface area contributed by atoms with Crippen LogP contribution in [0, 0.1) is 6.92 Å². The molecule has 0 aliphatic heterocycles. The summed E-state index contributed by atoms with van der Waals surface area (Å²) < 4.78 is 10.4. The molecule has 1 heterocycles.